The largest absolute Gasteiger partial charge is 0.455 e. The van der Waals surface area contributed by atoms with Crippen LogP contribution in [0.5, 0.6) is 0 Å². The summed E-state index contributed by atoms with van der Waals surface area (Å²) in [5.41, 5.74) is 14.9. The topological polar surface area (TPSA) is 48.8 Å². The van der Waals surface area contributed by atoms with Crippen LogP contribution in [-0.4, -0.2) is 19.1 Å². The molecule has 1 aliphatic rings. The average molecular weight is 701 g/mol. The smallest absolute Gasteiger partial charge is 0.235 e. The number of nitrogens with zero attached hydrogens (tertiary/aromatic N) is 4. The Kier molecular flexibility index (Phi) is 5.57. The number of hydrogen-bond acceptors (Lipinski definition) is 3. The van der Waals surface area contributed by atoms with Gasteiger partial charge in [0, 0.05) is 54.4 Å². The highest BCUT2D eigenvalue weighted by Gasteiger charge is 2.29. The molecule has 5 heterocycles. The number of para-hydroxylation sites is 6. The van der Waals surface area contributed by atoms with Crippen molar-refractivity contribution in [1.82, 2.24) is 19.1 Å². The summed E-state index contributed by atoms with van der Waals surface area (Å²) in [7, 11) is 0. The molecule has 1 aliphatic heterocycles. The van der Waals surface area contributed by atoms with E-state index in [2.05, 4.69) is 167 Å². The Hall–Kier alpha value is -7.50. The summed E-state index contributed by atoms with van der Waals surface area (Å²) in [6.07, 6.45) is 0. The van der Waals surface area contributed by atoms with Crippen LogP contribution in [0.1, 0.15) is 0 Å². The van der Waals surface area contributed by atoms with Crippen LogP contribution in [-0.2, 0) is 0 Å². The van der Waals surface area contributed by atoms with Gasteiger partial charge >= 0.3 is 0 Å². The third-order valence-electron chi connectivity index (χ3n) is 11.7. The fourth-order valence-corrected chi connectivity index (χ4v) is 9.44. The van der Waals surface area contributed by atoms with Crippen LogP contribution in [0.25, 0.3) is 122 Å². The van der Waals surface area contributed by atoms with Crippen LogP contribution in [0.3, 0.4) is 0 Å². The van der Waals surface area contributed by atoms with Gasteiger partial charge in [0.15, 0.2) is 0 Å². The van der Waals surface area contributed by atoms with Crippen LogP contribution < -0.4 is 0 Å². The zero-order chi connectivity index (χ0) is 35.8. The maximum Gasteiger partial charge on any atom is 0.235 e. The number of fused-ring (bicyclic) bond motifs is 16. The monoisotopic (exact) mass is 700 g/mol. The fraction of sp³-hybridized carbons (Fsp3) is 0. The minimum Gasteiger partial charge on any atom is -0.455 e. The van der Waals surface area contributed by atoms with E-state index in [0.29, 0.717) is 5.95 Å². The van der Waals surface area contributed by atoms with Crippen molar-refractivity contribution in [2.24, 2.45) is 0 Å². The van der Waals surface area contributed by atoms with Gasteiger partial charge in [-0.3, -0.25) is 4.57 Å². The molecule has 0 atom stereocenters. The molecule has 0 saturated carbocycles. The molecule has 55 heavy (non-hydrogen) atoms. The van der Waals surface area contributed by atoms with E-state index in [9.17, 15) is 0 Å². The standard InChI is InChI=1S/C50H28N4O/c1-2-18-33-29(14-1)30-15-4-9-24-40(30)53-41-25-10-5-16-31(41)38-28-43-45(46(33)48(38)53)36-20-6-11-26-42(36)54(43)50-51-39-23-8-3-19-35(39)47(52-50)37-22-13-21-34-32-17-7-12-27-44(32)55-49(34)37/h1-28H. The van der Waals surface area contributed by atoms with E-state index >= 15 is 0 Å². The highest BCUT2D eigenvalue weighted by molar-refractivity contribution is 6.28. The first-order valence-corrected chi connectivity index (χ1v) is 18.7. The number of rotatable bonds is 2. The van der Waals surface area contributed by atoms with Gasteiger partial charge in [-0.25, -0.2) is 9.97 Å². The van der Waals surface area contributed by atoms with Gasteiger partial charge in [0.2, 0.25) is 5.95 Å². The highest BCUT2D eigenvalue weighted by atomic mass is 16.3. The minimum absolute atomic E-state index is 0.619. The van der Waals surface area contributed by atoms with Crippen molar-refractivity contribution in [3.63, 3.8) is 0 Å². The van der Waals surface area contributed by atoms with Crippen molar-refractivity contribution in [2.75, 3.05) is 0 Å². The number of hydrogen-bond donors (Lipinski definition) is 0. The molecule has 0 spiro atoms. The average Bonchev–Trinajstić information content (AvgIpc) is 3.87. The van der Waals surface area contributed by atoms with Crippen LogP contribution in [0.15, 0.2) is 174 Å². The van der Waals surface area contributed by atoms with E-state index < -0.39 is 0 Å². The van der Waals surface area contributed by atoms with E-state index in [1.54, 1.807) is 0 Å². The quantitative estimate of drug-likeness (QED) is 0.180. The maximum atomic E-state index is 6.59. The molecule has 12 aromatic rings. The molecule has 0 amide bonds. The molecule has 8 aromatic carbocycles. The lowest BCUT2D eigenvalue weighted by molar-refractivity contribution is 0.670. The first kappa shape index (κ1) is 29.0. The van der Waals surface area contributed by atoms with Gasteiger partial charge < -0.3 is 8.98 Å². The number of furan rings is 1. The molecular weight excluding hydrogens is 673 g/mol. The molecule has 0 N–H and O–H groups in total. The van der Waals surface area contributed by atoms with Gasteiger partial charge in [-0.15, -0.1) is 0 Å². The molecule has 13 rings (SSSR count). The van der Waals surface area contributed by atoms with Gasteiger partial charge in [0.05, 0.1) is 39.0 Å². The lowest BCUT2D eigenvalue weighted by Crippen LogP contribution is -2.03. The number of aromatic nitrogens is 4. The second kappa shape index (κ2) is 10.6. The molecule has 5 heteroatoms. The van der Waals surface area contributed by atoms with Crippen LogP contribution in [0, 0.1) is 0 Å². The molecule has 0 radical (unpaired) electrons. The summed E-state index contributed by atoms with van der Waals surface area (Å²) in [5, 5.41) is 7.89. The Labute approximate surface area is 313 Å². The Bertz CT molecular complexity index is 3620. The summed E-state index contributed by atoms with van der Waals surface area (Å²) in [6.45, 7) is 0. The van der Waals surface area contributed by atoms with Crippen molar-refractivity contribution in [2.45, 2.75) is 0 Å². The predicted molar refractivity (Wildman–Crippen MR) is 225 cm³/mol. The Morgan fingerprint density at radius 3 is 1.93 bits per heavy atom. The highest BCUT2D eigenvalue weighted by Crippen LogP contribution is 2.51. The minimum atomic E-state index is 0.619. The molecule has 0 aliphatic carbocycles. The summed E-state index contributed by atoms with van der Waals surface area (Å²) in [5.74, 6) is 0.619. The second-order valence-corrected chi connectivity index (χ2v) is 14.5. The Morgan fingerprint density at radius 1 is 0.418 bits per heavy atom. The molecule has 0 unspecified atom stereocenters. The van der Waals surface area contributed by atoms with Gasteiger partial charge in [0.1, 0.15) is 11.2 Å². The van der Waals surface area contributed by atoms with Gasteiger partial charge in [0.25, 0.3) is 0 Å². The van der Waals surface area contributed by atoms with Crippen LogP contribution >= 0.6 is 0 Å². The third-order valence-corrected chi connectivity index (χ3v) is 11.7. The lowest BCUT2D eigenvalue weighted by atomic mass is 9.91. The first-order valence-electron chi connectivity index (χ1n) is 18.7. The second-order valence-electron chi connectivity index (χ2n) is 14.5. The lowest BCUT2D eigenvalue weighted by Gasteiger charge is -2.13. The summed E-state index contributed by atoms with van der Waals surface area (Å²) < 4.78 is 11.4. The Balaban J connectivity index is 1.21. The van der Waals surface area contributed by atoms with Crippen molar-refractivity contribution < 1.29 is 4.42 Å². The molecular formula is C50H28N4O. The predicted octanol–water partition coefficient (Wildman–Crippen LogP) is 13.0. The van der Waals surface area contributed by atoms with Gasteiger partial charge in [-0.05, 0) is 53.6 Å². The van der Waals surface area contributed by atoms with Crippen molar-refractivity contribution >= 4 is 76.5 Å². The van der Waals surface area contributed by atoms with E-state index in [0.717, 1.165) is 60.5 Å². The van der Waals surface area contributed by atoms with Crippen molar-refractivity contribution in [1.29, 1.82) is 0 Å². The van der Waals surface area contributed by atoms with Crippen LogP contribution in [0.4, 0.5) is 0 Å². The van der Waals surface area contributed by atoms with Gasteiger partial charge in [-0.1, -0.05) is 127 Å². The van der Waals surface area contributed by atoms with Crippen molar-refractivity contribution in [3.05, 3.63) is 170 Å². The molecule has 0 bridgehead atoms. The summed E-state index contributed by atoms with van der Waals surface area (Å²) >= 11 is 0. The van der Waals surface area contributed by atoms with Crippen molar-refractivity contribution in [3.8, 4) is 45.1 Å². The SMILES string of the molecule is c1ccc2c(c1)-c1ccccc1-n1c3ccccc3c3cc4c(c-2c31)c1ccccc1n4-c1nc(-c2cccc3c2oc2ccccc23)c2ccccc2n1. The normalized spacial score (nSPS) is 12.4. The zero-order valence-corrected chi connectivity index (χ0v) is 29.4. The first-order chi connectivity index (χ1) is 27.3. The summed E-state index contributed by atoms with van der Waals surface area (Å²) in [4.78, 5) is 10.9. The van der Waals surface area contributed by atoms with E-state index in [-0.39, 0.29) is 0 Å². The molecule has 0 saturated heterocycles. The van der Waals surface area contributed by atoms with E-state index in [4.69, 9.17) is 14.4 Å². The Morgan fingerprint density at radius 2 is 1.05 bits per heavy atom. The fourth-order valence-electron chi connectivity index (χ4n) is 9.44. The van der Waals surface area contributed by atoms with E-state index in [1.165, 1.54) is 55.1 Å². The zero-order valence-electron chi connectivity index (χ0n) is 29.4. The maximum absolute atomic E-state index is 6.59. The van der Waals surface area contributed by atoms with Crippen LogP contribution in [0.2, 0.25) is 0 Å². The third kappa shape index (κ3) is 3.76. The molecule has 254 valence electrons. The number of benzene rings is 8. The molecule has 0 fully saturated rings. The van der Waals surface area contributed by atoms with Gasteiger partial charge in [-0.2, -0.15) is 0 Å². The van der Waals surface area contributed by atoms with E-state index in [1.807, 2.05) is 12.1 Å². The molecule has 5 nitrogen and oxygen atoms in total. The molecule has 4 aromatic heterocycles. The summed E-state index contributed by atoms with van der Waals surface area (Å²) in [6, 6.07) is 60.5.